The smallest absolute Gasteiger partial charge is 0.381 e. The van der Waals surface area contributed by atoms with Crippen molar-refractivity contribution in [3.8, 4) is 0 Å². The number of nitrogens with zero attached hydrogens (tertiary/aromatic N) is 2. The summed E-state index contributed by atoms with van der Waals surface area (Å²) >= 11 is 0. The third-order valence-corrected chi connectivity index (χ3v) is 3.61. The molecule has 0 unspecified atom stereocenters. The van der Waals surface area contributed by atoms with Gasteiger partial charge in [0.05, 0.1) is 5.69 Å². The van der Waals surface area contributed by atoms with Crippen molar-refractivity contribution in [1.29, 1.82) is 0 Å². The quantitative estimate of drug-likeness (QED) is 0.831. The molecule has 1 aromatic rings. The van der Waals surface area contributed by atoms with E-state index >= 15 is 0 Å². The molecule has 1 aliphatic rings. The Labute approximate surface area is 117 Å². The van der Waals surface area contributed by atoms with Crippen LogP contribution in [0.3, 0.4) is 0 Å². The summed E-state index contributed by atoms with van der Waals surface area (Å²) in [5.41, 5.74) is -0.549. The molecule has 2 heterocycles. The third kappa shape index (κ3) is 3.53. The Morgan fingerprint density at radius 2 is 1.85 bits per heavy atom. The molecule has 6 heteroatoms. The molecule has 0 radical (unpaired) electrons. The van der Waals surface area contributed by atoms with E-state index in [1.807, 2.05) is 20.8 Å². The van der Waals surface area contributed by atoms with Crippen LogP contribution in [0.4, 0.5) is 13.2 Å². The number of hydrogen-bond donors (Lipinski definition) is 0. The fourth-order valence-corrected chi connectivity index (χ4v) is 2.32. The number of ether oxygens (including phenoxy) is 1. The van der Waals surface area contributed by atoms with E-state index in [1.165, 1.54) is 6.07 Å². The van der Waals surface area contributed by atoms with Crippen molar-refractivity contribution >= 4 is 0 Å². The topological polar surface area (TPSA) is 27.1 Å². The van der Waals surface area contributed by atoms with E-state index in [1.54, 1.807) is 0 Å². The van der Waals surface area contributed by atoms with Crippen molar-refractivity contribution in [3.05, 3.63) is 17.5 Å². The fourth-order valence-electron chi connectivity index (χ4n) is 2.32. The van der Waals surface area contributed by atoms with Gasteiger partial charge in [0.1, 0.15) is 5.69 Å². The summed E-state index contributed by atoms with van der Waals surface area (Å²) in [5.74, 6) is 0.206. The molecular weight excluding hydrogens is 269 g/mol. The maximum absolute atomic E-state index is 13.1. The first kappa shape index (κ1) is 15.4. The van der Waals surface area contributed by atoms with E-state index < -0.39 is 11.9 Å². The van der Waals surface area contributed by atoms with E-state index in [-0.39, 0.29) is 11.3 Å². The number of alkyl halides is 3. The summed E-state index contributed by atoms with van der Waals surface area (Å²) in [6.07, 6.45) is -2.77. The first-order chi connectivity index (χ1) is 9.18. The molecule has 20 heavy (non-hydrogen) atoms. The normalized spacial score (nSPS) is 18.5. The maximum Gasteiger partial charge on any atom is 0.433 e. The Balaban J connectivity index is 2.27. The lowest BCUT2D eigenvalue weighted by molar-refractivity contribution is -0.144. The molecule has 1 fully saturated rings. The highest BCUT2D eigenvalue weighted by Crippen LogP contribution is 2.33. The highest BCUT2D eigenvalue weighted by Gasteiger charge is 2.37. The van der Waals surface area contributed by atoms with Crippen molar-refractivity contribution in [2.75, 3.05) is 13.2 Å². The van der Waals surface area contributed by atoms with E-state index in [0.29, 0.717) is 25.5 Å². The predicted octanol–water partition coefficient (Wildman–Crippen LogP) is 3.63. The molecule has 0 aromatic carbocycles. The first-order valence-corrected chi connectivity index (χ1v) is 6.91. The minimum Gasteiger partial charge on any atom is -0.381 e. The number of rotatable bonds is 2. The van der Waals surface area contributed by atoms with Gasteiger partial charge in [-0.1, -0.05) is 20.8 Å². The van der Waals surface area contributed by atoms with E-state index in [2.05, 4.69) is 5.10 Å². The second kappa shape index (κ2) is 5.39. The molecule has 114 valence electrons. The van der Waals surface area contributed by atoms with Crippen molar-refractivity contribution in [2.45, 2.75) is 51.7 Å². The zero-order valence-electron chi connectivity index (χ0n) is 12.1. The minimum atomic E-state index is -4.36. The molecule has 2 rings (SSSR count). The summed E-state index contributed by atoms with van der Waals surface area (Å²) in [5, 5.41) is 4.20. The Morgan fingerprint density at radius 1 is 1.25 bits per heavy atom. The molecule has 1 aromatic heterocycles. The molecule has 0 saturated carbocycles. The SMILES string of the molecule is CC(C)(C)c1cc(C(F)(F)F)n(CC2CCOCC2)n1. The zero-order valence-corrected chi connectivity index (χ0v) is 12.1. The van der Waals surface area contributed by atoms with Gasteiger partial charge in [-0.2, -0.15) is 18.3 Å². The van der Waals surface area contributed by atoms with Gasteiger partial charge in [-0.15, -0.1) is 0 Å². The molecule has 0 amide bonds. The van der Waals surface area contributed by atoms with E-state index in [0.717, 1.165) is 17.5 Å². The maximum atomic E-state index is 13.1. The molecule has 0 aliphatic carbocycles. The monoisotopic (exact) mass is 290 g/mol. The van der Waals surface area contributed by atoms with Gasteiger partial charge in [0.2, 0.25) is 0 Å². The summed E-state index contributed by atoms with van der Waals surface area (Å²) in [7, 11) is 0. The molecule has 0 bridgehead atoms. The first-order valence-electron chi connectivity index (χ1n) is 6.91. The van der Waals surface area contributed by atoms with E-state index in [4.69, 9.17) is 4.74 Å². The molecule has 3 nitrogen and oxygen atoms in total. The zero-order chi connectivity index (χ0) is 15.0. The molecular formula is C14H21F3N2O. The van der Waals surface area contributed by atoms with Crippen LogP contribution in [0.5, 0.6) is 0 Å². The van der Waals surface area contributed by atoms with Gasteiger partial charge >= 0.3 is 6.18 Å². The summed E-state index contributed by atoms with van der Waals surface area (Å²) < 4.78 is 45.7. The van der Waals surface area contributed by atoms with Crippen LogP contribution in [-0.2, 0) is 22.9 Å². The minimum absolute atomic E-state index is 0.206. The van der Waals surface area contributed by atoms with Gasteiger partial charge in [-0.3, -0.25) is 4.68 Å². The molecule has 0 N–H and O–H groups in total. The van der Waals surface area contributed by atoms with Crippen LogP contribution in [-0.4, -0.2) is 23.0 Å². The molecule has 0 atom stereocenters. The van der Waals surface area contributed by atoms with Gasteiger partial charge in [-0.05, 0) is 24.8 Å². The van der Waals surface area contributed by atoms with Crippen molar-refractivity contribution in [3.63, 3.8) is 0 Å². The second-order valence-corrected chi connectivity index (χ2v) is 6.40. The summed E-state index contributed by atoms with van der Waals surface area (Å²) in [6.45, 7) is 7.17. The third-order valence-electron chi connectivity index (χ3n) is 3.61. The average molecular weight is 290 g/mol. The van der Waals surface area contributed by atoms with E-state index in [9.17, 15) is 13.2 Å². The van der Waals surface area contributed by atoms with Crippen molar-refractivity contribution in [1.82, 2.24) is 9.78 Å². The van der Waals surface area contributed by atoms with Crippen LogP contribution in [0, 0.1) is 5.92 Å². The Hall–Kier alpha value is -1.04. The standard InChI is InChI=1S/C14H21F3N2O/c1-13(2,3)11-8-12(14(15,16)17)19(18-11)9-10-4-6-20-7-5-10/h8,10H,4-7,9H2,1-3H3. The largest absolute Gasteiger partial charge is 0.433 e. The molecule has 1 aliphatic heterocycles. The van der Waals surface area contributed by atoms with Gasteiger partial charge in [0.25, 0.3) is 0 Å². The van der Waals surface area contributed by atoms with Gasteiger partial charge in [0.15, 0.2) is 0 Å². The Bertz CT molecular complexity index is 454. The fraction of sp³-hybridized carbons (Fsp3) is 0.786. The number of hydrogen-bond acceptors (Lipinski definition) is 2. The molecule has 1 saturated heterocycles. The van der Waals surface area contributed by atoms with Crippen LogP contribution in [0.15, 0.2) is 6.07 Å². The lowest BCUT2D eigenvalue weighted by atomic mass is 9.92. The Morgan fingerprint density at radius 3 is 2.35 bits per heavy atom. The van der Waals surface area contributed by atoms with Crippen LogP contribution < -0.4 is 0 Å². The summed E-state index contributed by atoms with van der Waals surface area (Å²) in [4.78, 5) is 0. The molecule has 0 spiro atoms. The van der Waals surface area contributed by atoms with Crippen LogP contribution in [0.1, 0.15) is 45.0 Å². The van der Waals surface area contributed by atoms with Gasteiger partial charge < -0.3 is 4.74 Å². The van der Waals surface area contributed by atoms with Gasteiger partial charge in [0, 0.05) is 25.2 Å². The number of aromatic nitrogens is 2. The Kier molecular flexibility index (Phi) is 4.14. The lowest BCUT2D eigenvalue weighted by Crippen LogP contribution is -2.24. The van der Waals surface area contributed by atoms with Crippen molar-refractivity contribution < 1.29 is 17.9 Å². The predicted molar refractivity (Wildman–Crippen MR) is 69.5 cm³/mol. The lowest BCUT2D eigenvalue weighted by Gasteiger charge is -2.23. The highest BCUT2D eigenvalue weighted by atomic mass is 19.4. The summed E-state index contributed by atoms with van der Waals surface area (Å²) in [6, 6.07) is 1.18. The van der Waals surface area contributed by atoms with Crippen molar-refractivity contribution in [2.24, 2.45) is 5.92 Å². The van der Waals surface area contributed by atoms with Gasteiger partial charge in [-0.25, -0.2) is 0 Å². The highest BCUT2D eigenvalue weighted by molar-refractivity contribution is 5.19. The van der Waals surface area contributed by atoms with Crippen LogP contribution >= 0.6 is 0 Å². The average Bonchev–Trinajstić information content (AvgIpc) is 2.74. The van der Waals surface area contributed by atoms with Crippen LogP contribution in [0.2, 0.25) is 0 Å². The van der Waals surface area contributed by atoms with Crippen LogP contribution in [0.25, 0.3) is 0 Å². The number of halogens is 3. The second-order valence-electron chi connectivity index (χ2n) is 6.40.